The number of aliphatic hydroxyl groups is 1. The molecular formula is C17H28N6O6. The first kappa shape index (κ1) is 24.0. The van der Waals surface area contributed by atoms with Crippen LogP contribution in [0.4, 0.5) is 0 Å². The lowest BCUT2D eigenvalue weighted by molar-refractivity contribution is -0.143. The Balaban J connectivity index is 2.61. The third kappa shape index (κ3) is 7.50. The van der Waals surface area contributed by atoms with E-state index in [9.17, 15) is 24.3 Å². The maximum atomic E-state index is 12.3. The Bertz CT molecular complexity index is 707. The van der Waals surface area contributed by atoms with E-state index in [1.54, 1.807) is 13.8 Å². The number of carboxylic acid groups (broad SMARTS) is 1. The highest BCUT2D eigenvalue weighted by molar-refractivity contribution is 5.94. The summed E-state index contributed by atoms with van der Waals surface area (Å²) in [7, 11) is 0. The predicted octanol–water partition coefficient (Wildman–Crippen LogP) is -2.51. The Kier molecular flexibility index (Phi) is 9.22. The van der Waals surface area contributed by atoms with Crippen LogP contribution in [0.2, 0.25) is 0 Å². The number of H-pyrrole nitrogens is 1. The van der Waals surface area contributed by atoms with E-state index >= 15 is 0 Å². The number of aliphatic carboxylic acids is 1. The van der Waals surface area contributed by atoms with E-state index in [4.69, 9.17) is 10.8 Å². The Labute approximate surface area is 167 Å². The fraction of sp³-hybridized carbons (Fsp3) is 0.588. The van der Waals surface area contributed by atoms with Gasteiger partial charge in [0, 0.05) is 18.3 Å². The summed E-state index contributed by atoms with van der Waals surface area (Å²) in [5.41, 5.74) is 6.41. The van der Waals surface area contributed by atoms with Gasteiger partial charge in [0.25, 0.3) is 0 Å². The number of aromatic nitrogens is 2. The molecule has 0 saturated heterocycles. The molecule has 1 aromatic heterocycles. The van der Waals surface area contributed by atoms with E-state index in [-0.39, 0.29) is 12.3 Å². The van der Waals surface area contributed by atoms with Gasteiger partial charge in [-0.3, -0.25) is 14.4 Å². The predicted molar refractivity (Wildman–Crippen MR) is 101 cm³/mol. The van der Waals surface area contributed by atoms with Crippen LogP contribution in [0.25, 0.3) is 0 Å². The third-order valence-electron chi connectivity index (χ3n) is 4.13. The molecule has 0 fully saturated rings. The van der Waals surface area contributed by atoms with Crippen LogP contribution in [0.15, 0.2) is 12.5 Å². The van der Waals surface area contributed by atoms with E-state index in [1.807, 2.05) is 0 Å². The van der Waals surface area contributed by atoms with Crippen molar-refractivity contribution in [1.82, 2.24) is 25.9 Å². The molecule has 0 spiro atoms. The van der Waals surface area contributed by atoms with Gasteiger partial charge >= 0.3 is 5.97 Å². The molecule has 162 valence electrons. The number of nitrogens with two attached hydrogens (primary N) is 1. The van der Waals surface area contributed by atoms with Gasteiger partial charge in [-0.2, -0.15) is 0 Å². The second-order valence-electron chi connectivity index (χ2n) is 6.93. The average Bonchev–Trinajstić information content (AvgIpc) is 3.15. The quantitative estimate of drug-likeness (QED) is 0.206. The molecule has 12 heteroatoms. The number of hydrogen-bond acceptors (Lipinski definition) is 7. The number of imidazole rings is 1. The van der Waals surface area contributed by atoms with Gasteiger partial charge in [0.2, 0.25) is 17.7 Å². The summed E-state index contributed by atoms with van der Waals surface area (Å²) in [5.74, 6) is -3.75. The second-order valence-corrected chi connectivity index (χ2v) is 6.93. The minimum absolute atomic E-state index is 0.149. The summed E-state index contributed by atoms with van der Waals surface area (Å²) >= 11 is 0. The van der Waals surface area contributed by atoms with Gasteiger partial charge in [-0.25, -0.2) is 9.78 Å². The summed E-state index contributed by atoms with van der Waals surface area (Å²) in [6.45, 7) is 3.90. The van der Waals surface area contributed by atoms with Crippen LogP contribution < -0.4 is 21.7 Å². The van der Waals surface area contributed by atoms with E-state index in [1.165, 1.54) is 19.4 Å². The van der Waals surface area contributed by atoms with Crippen molar-refractivity contribution in [2.75, 3.05) is 6.61 Å². The number of carboxylic acids is 1. The van der Waals surface area contributed by atoms with Crippen LogP contribution in [0.3, 0.4) is 0 Å². The second kappa shape index (κ2) is 11.1. The molecule has 0 radical (unpaired) electrons. The molecule has 0 aliphatic rings. The topological polar surface area (TPSA) is 200 Å². The molecule has 4 atom stereocenters. The largest absolute Gasteiger partial charge is 0.480 e. The average molecular weight is 412 g/mol. The van der Waals surface area contributed by atoms with Crippen molar-refractivity contribution in [3.8, 4) is 0 Å². The molecule has 3 amide bonds. The first-order valence-electron chi connectivity index (χ1n) is 9.04. The fourth-order valence-electron chi connectivity index (χ4n) is 2.37. The van der Waals surface area contributed by atoms with Gasteiger partial charge in [0.1, 0.15) is 18.1 Å². The van der Waals surface area contributed by atoms with Gasteiger partial charge in [0.15, 0.2) is 0 Å². The van der Waals surface area contributed by atoms with Gasteiger partial charge in [0.05, 0.1) is 19.0 Å². The van der Waals surface area contributed by atoms with E-state index in [0.29, 0.717) is 5.69 Å². The molecule has 8 N–H and O–H groups in total. The molecule has 0 saturated carbocycles. The third-order valence-corrected chi connectivity index (χ3v) is 4.13. The van der Waals surface area contributed by atoms with Gasteiger partial charge in [-0.05, 0) is 12.8 Å². The van der Waals surface area contributed by atoms with Crippen LogP contribution >= 0.6 is 0 Å². The molecule has 1 aromatic rings. The maximum Gasteiger partial charge on any atom is 0.326 e. The lowest BCUT2D eigenvalue weighted by Crippen LogP contribution is -2.57. The highest BCUT2D eigenvalue weighted by Crippen LogP contribution is 2.02. The van der Waals surface area contributed by atoms with Crippen LogP contribution in [-0.4, -0.2) is 74.6 Å². The van der Waals surface area contributed by atoms with E-state index < -0.39 is 54.5 Å². The minimum atomic E-state index is -1.33. The minimum Gasteiger partial charge on any atom is -0.480 e. The Morgan fingerprint density at radius 1 is 1.10 bits per heavy atom. The molecule has 0 bridgehead atoms. The van der Waals surface area contributed by atoms with Crippen LogP contribution in [-0.2, 0) is 25.6 Å². The van der Waals surface area contributed by atoms with Crippen molar-refractivity contribution in [3.63, 3.8) is 0 Å². The SMILES string of the molecule is CC(NC(=O)C(CO)NC(=O)C(N)Cc1cnc[nH]1)C(=O)NC(C(=O)O)C(C)C. The number of carbonyl (C=O) groups is 4. The van der Waals surface area contributed by atoms with Crippen molar-refractivity contribution in [2.24, 2.45) is 11.7 Å². The zero-order chi connectivity index (χ0) is 22.1. The molecule has 4 unspecified atom stereocenters. The summed E-state index contributed by atoms with van der Waals surface area (Å²) in [4.78, 5) is 54.4. The molecule has 0 aromatic carbocycles. The highest BCUT2D eigenvalue weighted by atomic mass is 16.4. The molecule has 0 aliphatic heterocycles. The van der Waals surface area contributed by atoms with Crippen molar-refractivity contribution in [1.29, 1.82) is 0 Å². The van der Waals surface area contributed by atoms with Gasteiger partial charge < -0.3 is 36.9 Å². The number of aromatic amines is 1. The fourth-order valence-corrected chi connectivity index (χ4v) is 2.37. The van der Waals surface area contributed by atoms with Crippen molar-refractivity contribution in [2.45, 2.75) is 51.4 Å². The number of carbonyl (C=O) groups excluding carboxylic acids is 3. The Morgan fingerprint density at radius 2 is 1.76 bits per heavy atom. The molecule has 0 aliphatic carbocycles. The maximum absolute atomic E-state index is 12.3. The van der Waals surface area contributed by atoms with Crippen molar-refractivity contribution in [3.05, 3.63) is 18.2 Å². The number of nitrogens with zero attached hydrogens (tertiary/aromatic N) is 1. The summed E-state index contributed by atoms with van der Waals surface area (Å²) in [6, 6.07) is -4.52. The van der Waals surface area contributed by atoms with Crippen LogP contribution in [0.1, 0.15) is 26.5 Å². The van der Waals surface area contributed by atoms with Crippen LogP contribution in [0.5, 0.6) is 0 Å². The van der Waals surface area contributed by atoms with Crippen molar-refractivity contribution >= 4 is 23.7 Å². The highest BCUT2D eigenvalue weighted by Gasteiger charge is 2.29. The Hall–Kier alpha value is -2.99. The molecule has 1 rings (SSSR count). The number of nitrogens with one attached hydrogen (secondary N) is 4. The number of hydrogen-bond donors (Lipinski definition) is 7. The van der Waals surface area contributed by atoms with Gasteiger partial charge in [-0.15, -0.1) is 0 Å². The zero-order valence-corrected chi connectivity index (χ0v) is 16.5. The normalized spacial score (nSPS) is 15.1. The smallest absolute Gasteiger partial charge is 0.326 e. The zero-order valence-electron chi connectivity index (χ0n) is 16.5. The van der Waals surface area contributed by atoms with Crippen molar-refractivity contribution < 1.29 is 29.4 Å². The van der Waals surface area contributed by atoms with Gasteiger partial charge in [-0.1, -0.05) is 13.8 Å². The molecule has 12 nitrogen and oxygen atoms in total. The summed E-state index contributed by atoms with van der Waals surface area (Å²) < 4.78 is 0. The first-order chi connectivity index (χ1) is 13.6. The number of rotatable bonds is 11. The van der Waals surface area contributed by atoms with E-state index in [2.05, 4.69) is 25.9 Å². The molecule has 29 heavy (non-hydrogen) atoms. The molecule has 1 heterocycles. The lowest BCUT2D eigenvalue weighted by atomic mass is 10.0. The standard InChI is InChI=1S/C17H28N6O6/c1-8(2)13(17(28)29)23-14(25)9(3)21-16(27)12(6-24)22-15(26)11(18)4-10-5-19-7-20-10/h5,7-9,11-13,24H,4,6,18H2,1-3H3,(H,19,20)(H,21,27)(H,22,26)(H,23,25)(H,28,29). The summed E-state index contributed by atoms with van der Waals surface area (Å²) in [6.07, 6.45) is 3.09. The number of aliphatic hydroxyl groups excluding tert-OH is 1. The monoisotopic (exact) mass is 412 g/mol. The number of amides is 3. The van der Waals surface area contributed by atoms with Crippen LogP contribution in [0, 0.1) is 5.92 Å². The first-order valence-corrected chi connectivity index (χ1v) is 9.04. The Morgan fingerprint density at radius 3 is 2.24 bits per heavy atom. The molecular weight excluding hydrogens is 384 g/mol. The van der Waals surface area contributed by atoms with E-state index in [0.717, 1.165) is 0 Å². The summed E-state index contributed by atoms with van der Waals surface area (Å²) in [5, 5.41) is 25.5. The lowest BCUT2D eigenvalue weighted by Gasteiger charge is -2.23.